The van der Waals surface area contributed by atoms with Gasteiger partial charge in [0.15, 0.2) is 11.9 Å². The van der Waals surface area contributed by atoms with E-state index < -0.39 is 53.7 Å². The lowest BCUT2D eigenvalue weighted by Gasteiger charge is -2.24. The van der Waals surface area contributed by atoms with Gasteiger partial charge in [-0.05, 0) is 13.8 Å². The van der Waals surface area contributed by atoms with Crippen LogP contribution in [0, 0.1) is 0 Å². The van der Waals surface area contributed by atoms with Crippen LogP contribution in [0.5, 0.6) is 0 Å². The maximum Gasteiger partial charge on any atom is 0.330 e. The maximum absolute atomic E-state index is 14.7. The number of nitrogens with zero attached hydrogens (tertiary/aromatic N) is 1. The Balaban J connectivity index is 2.60. The molecule has 2 unspecified atom stereocenters. The third kappa shape index (κ3) is 2.22. The highest BCUT2D eigenvalue weighted by Crippen LogP contribution is 2.41. The van der Waals surface area contributed by atoms with Gasteiger partial charge in [-0.15, -0.1) is 0 Å². The minimum atomic E-state index is -2.49. The molecular weight excluding hydrogens is 259 g/mol. The van der Waals surface area contributed by atoms with Crippen LogP contribution < -0.4 is 11.2 Å². The molecule has 0 amide bonds. The number of aromatic amines is 1. The van der Waals surface area contributed by atoms with Crippen molar-refractivity contribution in [2.45, 2.75) is 44.1 Å². The van der Waals surface area contributed by atoms with Crippen LogP contribution in [0.3, 0.4) is 0 Å². The third-order valence-corrected chi connectivity index (χ3v) is 3.10. The Morgan fingerprint density at radius 3 is 2.84 bits per heavy atom. The highest BCUT2D eigenvalue weighted by molar-refractivity contribution is 5.02. The molecule has 1 aliphatic heterocycles. The van der Waals surface area contributed by atoms with E-state index in [9.17, 15) is 24.2 Å². The Morgan fingerprint density at radius 2 is 2.32 bits per heavy atom. The third-order valence-electron chi connectivity index (χ3n) is 3.10. The first-order chi connectivity index (χ1) is 9.59. The van der Waals surface area contributed by atoms with Crippen molar-refractivity contribution < 1.29 is 22.1 Å². The van der Waals surface area contributed by atoms with Crippen molar-refractivity contribution in [2.75, 3.05) is 0 Å². The summed E-state index contributed by atoms with van der Waals surface area (Å²) in [4.78, 5) is 24.8. The van der Waals surface area contributed by atoms with Crippen LogP contribution in [0.1, 0.15) is 22.8 Å². The molecular formula is C11H15FN2O5. The Labute approximate surface area is 110 Å². The second kappa shape index (κ2) is 4.55. The molecule has 1 aromatic heterocycles. The van der Waals surface area contributed by atoms with Gasteiger partial charge in [-0.25, -0.2) is 9.18 Å². The van der Waals surface area contributed by atoms with Gasteiger partial charge < -0.3 is 14.9 Å². The zero-order chi connectivity index (χ0) is 16.1. The van der Waals surface area contributed by atoms with Crippen LogP contribution in [-0.4, -0.2) is 43.7 Å². The van der Waals surface area contributed by atoms with Gasteiger partial charge >= 0.3 is 5.69 Å². The molecule has 1 aliphatic rings. The molecule has 0 saturated carbocycles. The monoisotopic (exact) mass is 276 g/mol. The smallest absolute Gasteiger partial charge is 0.330 e. The summed E-state index contributed by atoms with van der Waals surface area (Å²) in [6.45, 7) is 2.23. The molecule has 2 heterocycles. The quantitative estimate of drug-likeness (QED) is 0.636. The van der Waals surface area contributed by atoms with Gasteiger partial charge in [0.05, 0.1) is 8.85 Å². The van der Waals surface area contributed by atoms with Crippen LogP contribution in [0.4, 0.5) is 4.39 Å². The summed E-state index contributed by atoms with van der Waals surface area (Å²) in [6.07, 6.45) is -6.85. The van der Waals surface area contributed by atoms with Crippen molar-refractivity contribution in [2.24, 2.45) is 0 Å². The second-order valence-corrected chi connectivity index (χ2v) is 4.66. The number of aromatic nitrogens is 2. The van der Waals surface area contributed by atoms with E-state index in [1.165, 1.54) is 6.92 Å². The Kier molecular flexibility index (Phi) is 2.71. The SMILES string of the molecule is [2H]c1c([2H])n([C@@H]2O[C@H](C(C)O)C(O)[C@@]2(C)F)c(=O)[nH]c1=O. The predicted molar refractivity (Wildman–Crippen MR) is 62.4 cm³/mol. The van der Waals surface area contributed by atoms with Crippen LogP contribution in [0.15, 0.2) is 21.8 Å². The average molecular weight is 276 g/mol. The van der Waals surface area contributed by atoms with E-state index >= 15 is 0 Å². The molecule has 3 N–H and O–H groups in total. The molecule has 1 fully saturated rings. The largest absolute Gasteiger partial charge is 0.391 e. The molecule has 0 aromatic carbocycles. The number of nitrogens with one attached hydrogen (secondary N) is 1. The lowest BCUT2D eigenvalue weighted by molar-refractivity contribution is -0.0826. The van der Waals surface area contributed by atoms with E-state index in [1.807, 2.05) is 0 Å². The second-order valence-electron chi connectivity index (χ2n) is 4.66. The summed E-state index contributed by atoms with van der Waals surface area (Å²) < 4.78 is 35.3. The van der Waals surface area contributed by atoms with Crippen molar-refractivity contribution in [3.8, 4) is 0 Å². The van der Waals surface area contributed by atoms with Crippen LogP contribution in [0.25, 0.3) is 0 Å². The molecule has 1 aromatic rings. The maximum atomic E-state index is 14.7. The molecule has 0 spiro atoms. The standard InChI is InChI=1S/C11H15FN2O5/c1-5(15)7-8(17)11(2,12)9(19-7)14-4-3-6(16)13-10(14)18/h3-5,7-9,15,17H,1-2H3,(H,13,16,18)/t5?,7-,8?,9-,11-/m1/s1/i3D,4D. The van der Waals surface area contributed by atoms with Crippen LogP contribution in [-0.2, 0) is 4.74 Å². The fourth-order valence-corrected chi connectivity index (χ4v) is 2.03. The molecule has 0 aliphatic carbocycles. The van der Waals surface area contributed by atoms with E-state index in [0.717, 1.165) is 6.92 Å². The predicted octanol–water partition coefficient (Wildman–Crippen LogP) is -1.10. The summed E-state index contributed by atoms with van der Waals surface area (Å²) in [5.41, 5.74) is -4.70. The lowest BCUT2D eigenvalue weighted by Crippen LogP contribution is -2.44. The number of H-pyrrole nitrogens is 1. The van der Waals surface area contributed by atoms with E-state index in [-0.39, 0.29) is 0 Å². The molecule has 0 bridgehead atoms. The molecule has 1 saturated heterocycles. The highest BCUT2D eigenvalue weighted by atomic mass is 19.1. The first kappa shape index (κ1) is 11.3. The number of alkyl halides is 1. The van der Waals surface area contributed by atoms with Gasteiger partial charge in [0, 0.05) is 12.2 Å². The summed E-state index contributed by atoms with van der Waals surface area (Å²) >= 11 is 0. The zero-order valence-corrected chi connectivity index (χ0v) is 10.3. The Morgan fingerprint density at radius 1 is 1.68 bits per heavy atom. The number of rotatable bonds is 2. The molecule has 19 heavy (non-hydrogen) atoms. The van der Waals surface area contributed by atoms with Crippen LogP contribution in [0.2, 0.25) is 0 Å². The molecule has 2 rings (SSSR count). The van der Waals surface area contributed by atoms with Gasteiger partial charge in [0.25, 0.3) is 5.56 Å². The topological polar surface area (TPSA) is 105 Å². The molecule has 8 heteroatoms. The van der Waals surface area contributed by atoms with Crippen molar-refractivity contribution >= 4 is 0 Å². The van der Waals surface area contributed by atoms with Gasteiger partial charge in [-0.3, -0.25) is 14.3 Å². The molecule has 106 valence electrons. The van der Waals surface area contributed by atoms with Gasteiger partial charge in [0.1, 0.15) is 12.2 Å². The normalized spacial score (nSPS) is 37.8. The zero-order valence-electron chi connectivity index (χ0n) is 12.3. The van der Waals surface area contributed by atoms with Crippen molar-refractivity contribution in [1.29, 1.82) is 0 Å². The van der Waals surface area contributed by atoms with Crippen molar-refractivity contribution in [3.05, 3.63) is 33.1 Å². The number of hydrogen-bond acceptors (Lipinski definition) is 5. The van der Waals surface area contributed by atoms with Crippen molar-refractivity contribution in [3.63, 3.8) is 0 Å². The average Bonchev–Trinajstić information content (AvgIpc) is 2.60. The number of ether oxygens (including phenoxy) is 1. The molecule has 5 atom stereocenters. The number of hydrogen-bond donors (Lipinski definition) is 3. The fourth-order valence-electron chi connectivity index (χ4n) is 2.03. The first-order valence-electron chi connectivity index (χ1n) is 6.61. The number of aliphatic hydroxyl groups is 2. The lowest BCUT2D eigenvalue weighted by atomic mass is 9.96. The van der Waals surface area contributed by atoms with Gasteiger partial charge in [-0.1, -0.05) is 0 Å². The highest BCUT2D eigenvalue weighted by Gasteiger charge is 2.56. The summed E-state index contributed by atoms with van der Waals surface area (Å²) in [7, 11) is 0. The Hall–Kier alpha value is -1.51. The van der Waals surface area contributed by atoms with Crippen molar-refractivity contribution in [1.82, 2.24) is 9.55 Å². The van der Waals surface area contributed by atoms with E-state index in [4.69, 9.17) is 7.48 Å². The van der Waals surface area contributed by atoms with E-state index in [0.29, 0.717) is 4.57 Å². The Bertz CT molecular complexity index is 672. The summed E-state index contributed by atoms with van der Waals surface area (Å²) in [6, 6.07) is -0.830. The summed E-state index contributed by atoms with van der Waals surface area (Å²) in [5, 5.41) is 19.3. The van der Waals surface area contributed by atoms with Crippen LogP contribution >= 0.6 is 0 Å². The van der Waals surface area contributed by atoms with Gasteiger partial charge in [-0.2, -0.15) is 0 Å². The summed E-state index contributed by atoms with van der Waals surface area (Å²) in [5.74, 6) is 0. The number of halogens is 1. The minimum absolute atomic E-state index is 0.440. The molecule has 0 radical (unpaired) electrons. The fraction of sp³-hybridized carbons (Fsp3) is 0.636. The van der Waals surface area contributed by atoms with E-state index in [1.54, 1.807) is 4.98 Å². The van der Waals surface area contributed by atoms with Gasteiger partial charge in [0.2, 0.25) is 0 Å². The molecule has 7 nitrogen and oxygen atoms in total. The first-order valence-corrected chi connectivity index (χ1v) is 5.61. The minimum Gasteiger partial charge on any atom is -0.391 e. The number of aliphatic hydroxyl groups excluding tert-OH is 2. The van der Waals surface area contributed by atoms with E-state index in [2.05, 4.69) is 0 Å².